The average molecular weight is 333 g/mol. The molecule has 0 unspecified atom stereocenters. The Morgan fingerprint density at radius 1 is 1.12 bits per heavy atom. The average Bonchev–Trinajstić information content (AvgIpc) is 3.11. The van der Waals surface area contributed by atoms with Gasteiger partial charge in [-0.15, -0.1) is 0 Å². The lowest BCUT2D eigenvalue weighted by Gasteiger charge is -2.13. The molecular formula is C18H15N5O2. The number of imidazole rings is 1. The number of para-hydroxylation sites is 1. The second-order valence-electron chi connectivity index (χ2n) is 5.76. The maximum atomic E-state index is 13.1. The van der Waals surface area contributed by atoms with E-state index < -0.39 is 11.2 Å². The summed E-state index contributed by atoms with van der Waals surface area (Å²) in [5.41, 5.74) is 2.19. The summed E-state index contributed by atoms with van der Waals surface area (Å²) in [4.78, 5) is 36.9. The Hall–Kier alpha value is -3.48. The Labute approximate surface area is 142 Å². The molecule has 7 heteroatoms. The highest BCUT2D eigenvalue weighted by Gasteiger charge is 2.17. The fraction of sp³-hybridized carbons (Fsp3) is 0.111. The topological polar surface area (TPSA) is 85.6 Å². The molecule has 0 amide bonds. The lowest BCUT2D eigenvalue weighted by molar-refractivity contribution is 0.680. The minimum absolute atomic E-state index is 0.145. The molecule has 3 aromatic heterocycles. The van der Waals surface area contributed by atoms with E-state index in [1.165, 1.54) is 15.5 Å². The van der Waals surface area contributed by atoms with Crippen molar-refractivity contribution in [2.45, 2.75) is 13.5 Å². The van der Waals surface area contributed by atoms with Crippen molar-refractivity contribution in [2.75, 3.05) is 0 Å². The predicted molar refractivity (Wildman–Crippen MR) is 94.0 cm³/mol. The van der Waals surface area contributed by atoms with Crippen LogP contribution in [0.5, 0.6) is 0 Å². The van der Waals surface area contributed by atoms with Crippen LogP contribution in [0.15, 0.2) is 64.7 Å². The molecule has 0 bridgehead atoms. The number of hydrogen-bond acceptors (Lipinski definition) is 4. The van der Waals surface area contributed by atoms with Crippen LogP contribution in [0.3, 0.4) is 0 Å². The lowest BCUT2D eigenvalue weighted by Crippen LogP contribution is -2.40. The van der Waals surface area contributed by atoms with Gasteiger partial charge in [0.1, 0.15) is 5.52 Å². The summed E-state index contributed by atoms with van der Waals surface area (Å²) in [6.07, 6.45) is 4.71. The monoisotopic (exact) mass is 333 g/mol. The Kier molecular flexibility index (Phi) is 3.53. The number of aryl methyl sites for hydroxylation is 1. The molecule has 0 radical (unpaired) electrons. The van der Waals surface area contributed by atoms with Gasteiger partial charge in [-0.05, 0) is 30.2 Å². The number of hydrogen-bond donors (Lipinski definition) is 1. The van der Waals surface area contributed by atoms with Gasteiger partial charge in [-0.2, -0.15) is 0 Å². The zero-order valence-electron chi connectivity index (χ0n) is 13.5. The smallest absolute Gasteiger partial charge is 0.337 e. The maximum absolute atomic E-state index is 13.1. The number of fused-ring (bicyclic) bond motifs is 1. The summed E-state index contributed by atoms with van der Waals surface area (Å²) in [6.45, 7) is 2.06. The molecule has 1 N–H and O–H groups in total. The van der Waals surface area contributed by atoms with E-state index in [0.717, 1.165) is 11.1 Å². The van der Waals surface area contributed by atoms with E-state index in [-0.39, 0.29) is 6.54 Å². The first-order valence-corrected chi connectivity index (χ1v) is 7.80. The van der Waals surface area contributed by atoms with Gasteiger partial charge in [-0.25, -0.2) is 14.3 Å². The highest BCUT2D eigenvalue weighted by atomic mass is 16.2. The van der Waals surface area contributed by atoms with Gasteiger partial charge in [0.2, 0.25) is 0 Å². The third kappa shape index (κ3) is 2.46. The second kappa shape index (κ2) is 5.86. The zero-order valence-corrected chi connectivity index (χ0v) is 13.5. The van der Waals surface area contributed by atoms with Crippen LogP contribution in [-0.4, -0.2) is 24.1 Å². The van der Waals surface area contributed by atoms with E-state index >= 15 is 0 Å². The van der Waals surface area contributed by atoms with Crippen LogP contribution in [0.1, 0.15) is 11.1 Å². The van der Waals surface area contributed by atoms with Gasteiger partial charge < -0.3 is 4.98 Å². The lowest BCUT2D eigenvalue weighted by atomic mass is 10.2. The summed E-state index contributed by atoms with van der Waals surface area (Å²) in [7, 11) is 0. The molecule has 0 saturated heterocycles. The standard InChI is InChI=1S/C18H15N5O2/c1-12-5-2-3-7-14(12)23-16-15(20-11-21-16)17(24)22(18(23)25)10-13-6-4-8-19-9-13/h2-9,11H,10H2,1H3,(H,20,21). The number of aromatic amines is 1. The zero-order chi connectivity index (χ0) is 17.4. The third-order valence-corrected chi connectivity index (χ3v) is 4.13. The van der Waals surface area contributed by atoms with Crippen molar-refractivity contribution in [1.29, 1.82) is 0 Å². The molecule has 0 aliphatic rings. The largest absolute Gasteiger partial charge is 0.339 e. The number of benzene rings is 1. The first kappa shape index (κ1) is 15.1. The minimum atomic E-state index is -0.428. The van der Waals surface area contributed by atoms with Crippen LogP contribution in [0, 0.1) is 6.92 Å². The van der Waals surface area contributed by atoms with E-state index in [1.54, 1.807) is 18.5 Å². The first-order chi connectivity index (χ1) is 12.2. The van der Waals surface area contributed by atoms with Crippen molar-refractivity contribution in [3.05, 3.63) is 87.1 Å². The SMILES string of the molecule is Cc1ccccc1-n1c(=O)n(Cc2cccnc2)c(=O)c2[nH]cnc21. The summed E-state index contributed by atoms with van der Waals surface area (Å²) in [5.74, 6) is 0. The molecule has 0 spiro atoms. The van der Waals surface area contributed by atoms with E-state index in [1.807, 2.05) is 37.3 Å². The van der Waals surface area contributed by atoms with Crippen LogP contribution in [0.2, 0.25) is 0 Å². The van der Waals surface area contributed by atoms with Gasteiger partial charge in [-0.3, -0.25) is 14.3 Å². The fourth-order valence-electron chi connectivity index (χ4n) is 2.89. The number of H-pyrrole nitrogens is 1. The van der Waals surface area contributed by atoms with Crippen LogP contribution >= 0.6 is 0 Å². The molecule has 0 fully saturated rings. The van der Waals surface area contributed by atoms with Gasteiger partial charge >= 0.3 is 5.69 Å². The minimum Gasteiger partial charge on any atom is -0.339 e. The van der Waals surface area contributed by atoms with Crippen LogP contribution in [-0.2, 0) is 6.54 Å². The quantitative estimate of drug-likeness (QED) is 0.617. The van der Waals surface area contributed by atoms with Gasteiger partial charge in [0.25, 0.3) is 5.56 Å². The van der Waals surface area contributed by atoms with Crippen LogP contribution in [0.4, 0.5) is 0 Å². The molecular weight excluding hydrogens is 318 g/mol. The predicted octanol–water partition coefficient (Wildman–Crippen LogP) is 1.63. The second-order valence-corrected chi connectivity index (χ2v) is 5.76. The molecule has 3 heterocycles. The number of aromatic nitrogens is 5. The number of nitrogens with one attached hydrogen (secondary N) is 1. The molecule has 25 heavy (non-hydrogen) atoms. The Bertz CT molecular complexity index is 1170. The van der Waals surface area contributed by atoms with Crippen molar-refractivity contribution in [3.8, 4) is 5.69 Å². The molecule has 4 rings (SSSR count). The van der Waals surface area contributed by atoms with Crippen LogP contribution in [0.25, 0.3) is 16.9 Å². The Morgan fingerprint density at radius 2 is 1.96 bits per heavy atom. The van der Waals surface area contributed by atoms with Crippen LogP contribution < -0.4 is 11.2 Å². The first-order valence-electron chi connectivity index (χ1n) is 7.80. The number of nitrogens with zero attached hydrogens (tertiary/aromatic N) is 4. The van der Waals surface area contributed by atoms with E-state index in [0.29, 0.717) is 16.9 Å². The van der Waals surface area contributed by atoms with Crippen molar-refractivity contribution in [3.63, 3.8) is 0 Å². The highest BCUT2D eigenvalue weighted by molar-refractivity contribution is 5.71. The van der Waals surface area contributed by atoms with E-state index in [2.05, 4.69) is 15.0 Å². The summed E-state index contributed by atoms with van der Waals surface area (Å²) in [5, 5.41) is 0. The summed E-state index contributed by atoms with van der Waals surface area (Å²) < 4.78 is 2.67. The number of rotatable bonds is 3. The molecule has 7 nitrogen and oxygen atoms in total. The molecule has 4 aromatic rings. The molecule has 1 aromatic carbocycles. The summed E-state index contributed by atoms with van der Waals surface area (Å²) >= 11 is 0. The van der Waals surface area contributed by atoms with E-state index in [9.17, 15) is 9.59 Å². The summed E-state index contributed by atoms with van der Waals surface area (Å²) in [6, 6.07) is 11.1. The van der Waals surface area contributed by atoms with Crippen molar-refractivity contribution in [2.24, 2.45) is 0 Å². The number of pyridine rings is 1. The van der Waals surface area contributed by atoms with Crippen molar-refractivity contribution < 1.29 is 0 Å². The van der Waals surface area contributed by atoms with Gasteiger partial charge in [0.15, 0.2) is 5.65 Å². The highest BCUT2D eigenvalue weighted by Crippen LogP contribution is 2.15. The third-order valence-electron chi connectivity index (χ3n) is 4.13. The molecule has 0 aliphatic carbocycles. The van der Waals surface area contributed by atoms with E-state index in [4.69, 9.17) is 0 Å². The molecule has 124 valence electrons. The molecule has 0 atom stereocenters. The maximum Gasteiger partial charge on any atom is 0.337 e. The van der Waals surface area contributed by atoms with Gasteiger partial charge in [0, 0.05) is 12.4 Å². The normalized spacial score (nSPS) is 11.1. The fourth-order valence-corrected chi connectivity index (χ4v) is 2.89. The molecule has 0 saturated carbocycles. The van der Waals surface area contributed by atoms with Gasteiger partial charge in [-0.1, -0.05) is 24.3 Å². The Balaban J connectivity index is 2.04. The van der Waals surface area contributed by atoms with Crippen molar-refractivity contribution in [1.82, 2.24) is 24.1 Å². The molecule has 0 aliphatic heterocycles. The van der Waals surface area contributed by atoms with Crippen molar-refractivity contribution >= 4 is 11.2 Å². The van der Waals surface area contributed by atoms with Gasteiger partial charge in [0.05, 0.1) is 18.6 Å². The Morgan fingerprint density at radius 3 is 2.72 bits per heavy atom.